The van der Waals surface area contributed by atoms with Crippen LogP contribution in [0.1, 0.15) is 60.8 Å². The third-order valence-corrected chi connectivity index (χ3v) is 6.58. The van der Waals surface area contributed by atoms with E-state index in [0.29, 0.717) is 12.8 Å². The smallest absolute Gasteiger partial charge is 0.373 e. The van der Waals surface area contributed by atoms with Crippen LogP contribution in [0.2, 0.25) is 0 Å². The number of amides is 1. The summed E-state index contributed by atoms with van der Waals surface area (Å²) in [6.07, 6.45) is 10.4. The lowest BCUT2D eigenvalue weighted by Gasteiger charge is -2.27. The molecule has 1 amide bonds. The van der Waals surface area contributed by atoms with E-state index < -0.39 is 18.2 Å². The molecule has 0 unspecified atom stereocenters. The summed E-state index contributed by atoms with van der Waals surface area (Å²) in [5.41, 5.74) is 1.97. The maximum atomic E-state index is 13.0. The Morgan fingerprint density at radius 2 is 1.91 bits per heavy atom. The lowest BCUT2D eigenvalue weighted by molar-refractivity contribution is -0.173. The van der Waals surface area contributed by atoms with Crippen LogP contribution in [-0.2, 0) is 23.9 Å². The zero-order valence-electron chi connectivity index (χ0n) is 22.9. The van der Waals surface area contributed by atoms with Crippen molar-refractivity contribution in [3.05, 3.63) is 47.3 Å². The van der Waals surface area contributed by atoms with Crippen LogP contribution < -0.4 is 0 Å². The molecule has 0 radical (unpaired) electrons. The van der Waals surface area contributed by atoms with Crippen LogP contribution in [0.4, 0.5) is 0 Å². The number of allylic oxidation sites excluding steroid dienone is 5. The van der Waals surface area contributed by atoms with E-state index in [-0.39, 0.29) is 35.3 Å². The Labute approximate surface area is 211 Å². The first-order valence-corrected chi connectivity index (χ1v) is 12.4. The van der Waals surface area contributed by atoms with Crippen LogP contribution in [0, 0.1) is 23.7 Å². The number of aliphatic hydroxyl groups excluding tert-OH is 1. The number of rotatable bonds is 6. The van der Waals surface area contributed by atoms with Gasteiger partial charge in [0.1, 0.15) is 6.10 Å². The van der Waals surface area contributed by atoms with E-state index in [4.69, 9.17) is 14.3 Å². The minimum atomic E-state index is -0.557. The number of hydroxylamine groups is 2. The lowest BCUT2D eigenvalue weighted by atomic mass is 9.87. The maximum absolute atomic E-state index is 13.0. The van der Waals surface area contributed by atoms with Gasteiger partial charge in [0.05, 0.1) is 20.3 Å². The van der Waals surface area contributed by atoms with Crippen LogP contribution >= 0.6 is 0 Å². The Morgan fingerprint density at radius 1 is 1.26 bits per heavy atom. The van der Waals surface area contributed by atoms with E-state index in [2.05, 4.69) is 6.92 Å². The second-order valence-corrected chi connectivity index (χ2v) is 9.91. The lowest BCUT2D eigenvalue weighted by Crippen LogP contribution is -2.34. The van der Waals surface area contributed by atoms with Gasteiger partial charge in [0.25, 0.3) is 0 Å². The highest BCUT2D eigenvalue weighted by Gasteiger charge is 2.28. The molecule has 7 heteroatoms. The first-order valence-electron chi connectivity index (χ1n) is 12.4. The van der Waals surface area contributed by atoms with Crippen molar-refractivity contribution >= 4 is 11.9 Å². The SMILES string of the molecule is CO/C1=C\C(C)=C\[C@@H](C)[C@@H](O)[C@@H](C)C/C(C)=C/C=C/C[C@@H]([C@@H](C)C[C@H](C)C(=O)N(C)OC)OC1=O. The highest BCUT2D eigenvalue weighted by atomic mass is 16.7. The maximum Gasteiger partial charge on any atom is 0.373 e. The van der Waals surface area contributed by atoms with Crippen molar-refractivity contribution in [2.24, 2.45) is 23.7 Å². The monoisotopic (exact) mass is 491 g/mol. The number of ether oxygens (including phenoxy) is 2. The molecule has 6 atom stereocenters. The molecule has 1 aliphatic heterocycles. The fourth-order valence-corrected chi connectivity index (χ4v) is 4.43. The molecule has 198 valence electrons. The Hall–Kier alpha value is -2.38. The fraction of sp³-hybridized carbons (Fsp3) is 0.643. The number of methoxy groups -OCH3 is 1. The molecule has 1 N–H and O–H groups in total. The van der Waals surface area contributed by atoms with Crippen molar-refractivity contribution in [3.63, 3.8) is 0 Å². The number of carbonyl (C=O) groups is 2. The van der Waals surface area contributed by atoms with Crippen molar-refractivity contribution in [2.75, 3.05) is 21.3 Å². The zero-order chi connectivity index (χ0) is 26.7. The molecule has 0 bridgehead atoms. The van der Waals surface area contributed by atoms with Gasteiger partial charge < -0.3 is 14.6 Å². The Morgan fingerprint density at radius 3 is 2.51 bits per heavy atom. The summed E-state index contributed by atoms with van der Waals surface area (Å²) >= 11 is 0. The summed E-state index contributed by atoms with van der Waals surface area (Å²) in [5, 5.41) is 12.0. The van der Waals surface area contributed by atoms with Gasteiger partial charge in [0.15, 0.2) is 0 Å². The summed E-state index contributed by atoms with van der Waals surface area (Å²) in [6.45, 7) is 11.8. The van der Waals surface area contributed by atoms with Crippen molar-refractivity contribution in [1.82, 2.24) is 5.06 Å². The topological polar surface area (TPSA) is 85.3 Å². The Bertz CT molecular complexity index is 827. The minimum Gasteiger partial charge on any atom is -0.490 e. The summed E-state index contributed by atoms with van der Waals surface area (Å²) < 4.78 is 11.2. The fourth-order valence-electron chi connectivity index (χ4n) is 4.43. The van der Waals surface area contributed by atoms with Gasteiger partial charge in [0, 0.05) is 25.3 Å². The number of aliphatic hydroxyl groups is 1. The summed E-state index contributed by atoms with van der Waals surface area (Å²) in [4.78, 5) is 30.5. The molecule has 1 heterocycles. The van der Waals surface area contributed by atoms with E-state index in [9.17, 15) is 14.7 Å². The van der Waals surface area contributed by atoms with Gasteiger partial charge in [-0.3, -0.25) is 9.63 Å². The van der Waals surface area contributed by atoms with Gasteiger partial charge in [-0.05, 0) is 44.6 Å². The zero-order valence-corrected chi connectivity index (χ0v) is 22.9. The number of nitrogens with zero attached hydrogens (tertiary/aromatic N) is 1. The molecule has 0 saturated heterocycles. The third-order valence-electron chi connectivity index (χ3n) is 6.58. The second kappa shape index (κ2) is 14.9. The molecule has 0 aromatic heterocycles. The second-order valence-electron chi connectivity index (χ2n) is 9.91. The molecule has 1 rings (SSSR count). The van der Waals surface area contributed by atoms with Crippen molar-refractivity contribution in [3.8, 4) is 0 Å². The van der Waals surface area contributed by atoms with Crippen LogP contribution in [0.5, 0.6) is 0 Å². The Kier molecular flexibility index (Phi) is 13.0. The Balaban J connectivity index is 3.26. The van der Waals surface area contributed by atoms with Crippen molar-refractivity contribution in [2.45, 2.75) is 73.0 Å². The van der Waals surface area contributed by atoms with Crippen LogP contribution in [-0.4, -0.2) is 55.5 Å². The number of hydrogen-bond acceptors (Lipinski definition) is 6. The quantitative estimate of drug-likeness (QED) is 0.416. The van der Waals surface area contributed by atoms with Crippen molar-refractivity contribution in [1.29, 1.82) is 0 Å². The minimum absolute atomic E-state index is 0.0818. The van der Waals surface area contributed by atoms with Gasteiger partial charge >= 0.3 is 5.97 Å². The van der Waals surface area contributed by atoms with E-state index in [1.54, 1.807) is 13.1 Å². The number of carbonyl (C=O) groups excluding carboxylic acids is 2. The van der Waals surface area contributed by atoms with Gasteiger partial charge in [-0.1, -0.05) is 63.1 Å². The largest absolute Gasteiger partial charge is 0.490 e. The van der Waals surface area contributed by atoms with Gasteiger partial charge in [-0.2, -0.15) is 0 Å². The van der Waals surface area contributed by atoms with E-state index in [1.807, 2.05) is 58.9 Å². The first kappa shape index (κ1) is 30.7. The first-order chi connectivity index (χ1) is 16.4. The van der Waals surface area contributed by atoms with E-state index >= 15 is 0 Å². The standard InChI is InChI=1S/C28H45NO6/c1-18-12-10-11-13-24(20(3)17-23(6)27(31)29(7)34-9)35-28(32)25(33-8)16-19(2)15-22(5)26(30)21(4)14-18/h10-12,15-16,20-24,26,30H,13-14,17H2,1-9H3/b11-10+,18-12+,19-15+,25-16-/t20-,21-,22+,23-,24-,26-/m0/s1. The van der Waals surface area contributed by atoms with Gasteiger partial charge in [0.2, 0.25) is 11.7 Å². The van der Waals surface area contributed by atoms with Crippen molar-refractivity contribution < 1.29 is 29.0 Å². The number of esters is 1. The summed E-state index contributed by atoms with van der Waals surface area (Å²) in [7, 11) is 4.47. The summed E-state index contributed by atoms with van der Waals surface area (Å²) in [5.74, 6) is -0.974. The number of hydrogen-bond donors (Lipinski definition) is 1. The molecule has 0 saturated carbocycles. The molecule has 7 nitrogen and oxygen atoms in total. The molecule has 1 aliphatic rings. The van der Waals surface area contributed by atoms with Crippen LogP contribution in [0.25, 0.3) is 0 Å². The highest BCUT2D eigenvalue weighted by Crippen LogP contribution is 2.25. The summed E-state index contributed by atoms with van der Waals surface area (Å²) in [6, 6.07) is 0. The molecule has 0 fully saturated rings. The molecule has 0 aromatic carbocycles. The van der Waals surface area contributed by atoms with E-state index in [0.717, 1.165) is 17.6 Å². The van der Waals surface area contributed by atoms with Gasteiger partial charge in [-0.25, -0.2) is 9.86 Å². The average molecular weight is 492 g/mol. The molecule has 35 heavy (non-hydrogen) atoms. The third kappa shape index (κ3) is 10.0. The molecular formula is C28H45NO6. The van der Waals surface area contributed by atoms with Crippen LogP contribution in [0.15, 0.2) is 47.3 Å². The van der Waals surface area contributed by atoms with Gasteiger partial charge in [-0.15, -0.1) is 0 Å². The van der Waals surface area contributed by atoms with E-state index in [1.165, 1.54) is 19.3 Å². The molecule has 0 aliphatic carbocycles. The molecule has 0 aromatic rings. The number of cyclic esters (lactones) is 1. The van der Waals surface area contributed by atoms with Crippen LogP contribution in [0.3, 0.4) is 0 Å². The highest BCUT2D eigenvalue weighted by molar-refractivity contribution is 5.87. The predicted molar refractivity (Wildman–Crippen MR) is 138 cm³/mol. The molecule has 0 spiro atoms. The molecular weight excluding hydrogens is 446 g/mol. The average Bonchev–Trinajstić information content (AvgIpc) is 2.81. The normalized spacial score (nSPS) is 31.9. The predicted octanol–water partition coefficient (Wildman–Crippen LogP) is 4.99.